The highest BCUT2D eigenvalue weighted by molar-refractivity contribution is 5.25. The van der Waals surface area contributed by atoms with Crippen LogP contribution in [0.1, 0.15) is 77.0 Å². The van der Waals surface area contributed by atoms with Gasteiger partial charge in [-0.1, -0.05) is 58.3 Å². The van der Waals surface area contributed by atoms with Crippen molar-refractivity contribution in [1.29, 1.82) is 0 Å². The predicted octanol–water partition coefficient (Wildman–Crippen LogP) is 3.20. The summed E-state index contributed by atoms with van der Waals surface area (Å²) in [5, 5.41) is 3.43. The Morgan fingerprint density at radius 2 is 1.54 bits per heavy atom. The number of rotatable bonds is 13. The van der Waals surface area contributed by atoms with Crippen LogP contribution in [-0.2, 0) is 6.42 Å². The van der Waals surface area contributed by atoms with Gasteiger partial charge in [0.1, 0.15) is 5.82 Å². The second-order valence-electron chi connectivity index (χ2n) is 7.07. The quantitative estimate of drug-likeness (QED) is 0.463. The standard InChI is InChI=1S/C19H35N7/c1-2-3-4-5-6-7-8-9-10-11-17-22-13-15-26(17)14-12-16-23-18(20)25-19(21)24-16/h13,15,17,22H,2-12,14H2,1H3,(H4,20,21,23,24,25). The zero-order valence-corrected chi connectivity index (χ0v) is 16.2. The third-order valence-electron chi connectivity index (χ3n) is 4.85. The van der Waals surface area contributed by atoms with E-state index >= 15 is 0 Å². The zero-order valence-electron chi connectivity index (χ0n) is 16.2. The Balaban J connectivity index is 1.58. The maximum atomic E-state index is 5.63. The minimum Gasteiger partial charge on any atom is -0.370 e. The van der Waals surface area contributed by atoms with Crippen LogP contribution in [0.5, 0.6) is 0 Å². The number of hydrogen-bond donors (Lipinski definition) is 3. The van der Waals surface area contributed by atoms with E-state index in [1.54, 1.807) is 0 Å². The van der Waals surface area contributed by atoms with Gasteiger partial charge in [-0.2, -0.15) is 15.0 Å². The van der Waals surface area contributed by atoms with Crippen LogP contribution in [0.2, 0.25) is 0 Å². The third-order valence-corrected chi connectivity index (χ3v) is 4.85. The number of nitrogens with one attached hydrogen (secondary N) is 1. The molecule has 26 heavy (non-hydrogen) atoms. The van der Waals surface area contributed by atoms with E-state index in [4.69, 9.17) is 11.5 Å². The van der Waals surface area contributed by atoms with Gasteiger partial charge in [0.15, 0.2) is 0 Å². The van der Waals surface area contributed by atoms with Crippen molar-refractivity contribution in [2.24, 2.45) is 0 Å². The summed E-state index contributed by atoms with van der Waals surface area (Å²) in [7, 11) is 0. The minimum absolute atomic E-state index is 0.189. The van der Waals surface area contributed by atoms with E-state index in [0.29, 0.717) is 18.4 Å². The number of nitrogens with two attached hydrogens (primary N) is 2. The van der Waals surface area contributed by atoms with Gasteiger partial charge in [0.05, 0.1) is 6.17 Å². The van der Waals surface area contributed by atoms with Gasteiger partial charge >= 0.3 is 0 Å². The highest BCUT2D eigenvalue weighted by Crippen LogP contribution is 2.15. The maximum Gasteiger partial charge on any atom is 0.225 e. The first-order valence-electron chi connectivity index (χ1n) is 10.1. The van der Waals surface area contributed by atoms with Gasteiger partial charge < -0.3 is 21.7 Å². The second-order valence-corrected chi connectivity index (χ2v) is 7.07. The van der Waals surface area contributed by atoms with Crippen LogP contribution in [-0.4, -0.2) is 32.6 Å². The molecule has 0 spiro atoms. The number of anilines is 2. The highest BCUT2D eigenvalue weighted by Gasteiger charge is 2.18. The van der Waals surface area contributed by atoms with Gasteiger partial charge in [-0.25, -0.2) is 0 Å². The minimum atomic E-state index is 0.189. The van der Waals surface area contributed by atoms with Crippen molar-refractivity contribution in [2.45, 2.75) is 83.7 Å². The summed E-state index contributed by atoms with van der Waals surface area (Å²) in [5.41, 5.74) is 11.3. The molecule has 0 amide bonds. The van der Waals surface area contributed by atoms with Crippen molar-refractivity contribution in [3.63, 3.8) is 0 Å². The molecule has 0 saturated heterocycles. The molecule has 0 radical (unpaired) electrons. The molecule has 0 fully saturated rings. The molecule has 0 saturated carbocycles. The Labute approximate surface area is 157 Å². The third kappa shape index (κ3) is 7.45. The lowest BCUT2D eigenvalue weighted by molar-refractivity contribution is 0.259. The first-order chi connectivity index (χ1) is 12.7. The molecule has 1 unspecified atom stereocenters. The zero-order chi connectivity index (χ0) is 18.6. The fourth-order valence-electron chi connectivity index (χ4n) is 3.38. The molecule has 5 N–H and O–H groups in total. The first-order valence-corrected chi connectivity index (χ1v) is 10.1. The lowest BCUT2D eigenvalue weighted by Gasteiger charge is -2.25. The summed E-state index contributed by atoms with van der Waals surface area (Å²) in [6.45, 7) is 3.11. The lowest BCUT2D eigenvalue weighted by atomic mass is 10.1. The molecular weight excluding hydrogens is 326 g/mol. The van der Waals surface area contributed by atoms with E-state index in [-0.39, 0.29) is 11.9 Å². The van der Waals surface area contributed by atoms with Gasteiger partial charge in [0.25, 0.3) is 0 Å². The summed E-state index contributed by atoms with van der Waals surface area (Å²) in [6, 6.07) is 0. The van der Waals surface area contributed by atoms with Gasteiger partial charge in [0, 0.05) is 25.4 Å². The predicted molar refractivity (Wildman–Crippen MR) is 107 cm³/mol. The van der Waals surface area contributed by atoms with Crippen LogP contribution in [0, 0.1) is 0 Å². The molecular formula is C19H35N7. The lowest BCUT2D eigenvalue weighted by Crippen LogP contribution is -2.36. The van der Waals surface area contributed by atoms with Crippen molar-refractivity contribution >= 4 is 11.9 Å². The molecule has 0 aromatic carbocycles. The monoisotopic (exact) mass is 361 g/mol. The number of nitrogen functional groups attached to an aromatic ring is 2. The van der Waals surface area contributed by atoms with Crippen LogP contribution in [0.3, 0.4) is 0 Å². The van der Waals surface area contributed by atoms with Crippen LogP contribution in [0.15, 0.2) is 12.4 Å². The molecule has 1 aromatic heterocycles. The van der Waals surface area contributed by atoms with E-state index in [2.05, 4.69) is 38.3 Å². The molecule has 0 bridgehead atoms. The van der Waals surface area contributed by atoms with Crippen molar-refractivity contribution in [1.82, 2.24) is 25.2 Å². The van der Waals surface area contributed by atoms with Crippen LogP contribution in [0.25, 0.3) is 0 Å². The summed E-state index contributed by atoms with van der Waals surface area (Å²) in [6.07, 6.45) is 18.6. The van der Waals surface area contributed by atoms with Crippen LogP contribution < -0.4 is 16.8 Å². The van der Waals surface area contributed by atoms with Crippen molar-refractivity contribution in [3.8, 4) is 0 Å². The Morgan fingerprint density at radius 1 is 0.923 bits per heavy atom. The molecule has 1 aliphatic heterocycles. The Bertz CT molecular complexity index is 526. The summed E-state index contributed by atoms with van der Waals surface area (Å²) >= 11 is 0. The van der Waals surface area contributed by atoms with Crippen LogP contribution in [0.4, 0.5) is 11.9 Å². The summed E-state index contributed by atoms with van der Waals surface area (Å²) in [4.78, 5) is 14.4. The first kappa shape index (κ1) is 20.3. The van der Waals surface area contributed by atoms with Gasteiger partial charge in [-0.15, -0.1) is 0 Å². The largest absolute Gasteiger partial charge is 0.370 e. The Kier molecular flexibility index (Phi) is 9.00. The van der Waals surface area contributed by atoms with Crippen molar-refractivity contribution in [3.05, 3.63) is 18.2 Å². The molecule has 1 atom stereocenters. The van der Waals surface area contributed by atoms with Crippen LogP contribution >= 0.6 is 0 Å². The highest BCUT2D eigenvalue weighted by atomic mass is 15.3. The summed E-state index contributed by atoms with van der Waals surface area (Å²) in [5.74, 6) is 1.03. The molecule has 146 valence electrons. The van der Waals surface area contributed by atoms with Gasteiger partial charge in [-0.05, 0) is 12.8 Å². The number of unbranched alkanes of at least 4 members (excludes halogenated alkanes) is 8. The molecule has 7 heteroatoms. The maximum absolute atomic E-state index is 5.63. The number of hydrogen-bond acceptors (Lipinski definition) is 7. The SMILES string of the molecule is CCCCCCCCCCCC1NC=CN1CCc1nc(N)nc(N)n1. The van der Waals surface area contributed by atoms with Crippen molar-refractivity contribution in [2.75, 3.05) is 18.0 Å². The van der Waals surface area contributed by atoms with E-state index in [9.17, 15) is 0 Å². The normalized spacial score (nSPS) is 16.2. The molecule has 1 aromatic rings. The average molecular weight is 362 g/mol. The number of aromatic nitrogens is 3. The molecule has 7 nitrogen and oxygen atoms in total. The average Bonchev–Trinajstić information content (AvgIpc) is 3.05. The van der Waals surface area contributed by atoms with E-state index < -0.39 is 0 Å². The topological polar surface area (TPSA) is 106 Å². The molecule has 0 aliphatic carbocycles. The van der Waals surface area contributed by atoms with E-state index in [0.717, 1.165) is 13.0 Å². The Hall–Kier alpha value is -2.05. The van der Waals surface area contributed by atoms with Gasteiger partial charge in [0.2, 0.25) is 11.9 Å². The fourth-order valence-corrected chi connectivity index (χ4v) is 3.38. The van der Waals surface area contributed by atoms with E-state index in [1.165, 1.54) is 57.8 Å². The molecule has 2 rings (SSSR count). The Morgan fingerprint density at radius 3 is 2.19 bits per heavy atom. The molecule has 1 aliphatic rings. The summed E-state index contributed by atoms with van der Waals surface area (Å²) < 4.78 is 0. The second kappa shape index (κ2) is 11.5. The smallest absolute Gasteiger partial charge is 0.225 e. The van der Waals surface area contributed by atoms with Gasteiger partial charge in [-0.3, -0.25) is 0 Å². The molecule has 2 heterocycles. The fraction of sp³-hybridized carbons (Fsp3) is 0.737. The van der Waals surface area contributed by atoms with E-state index in [1.807, 2.05) is 6.20 Å². The number of nitrogens with zero attached hydrogens (tertiary/aromatic N) is 4. The van der Waals surface area contributed by atoms with Crippen molar-refractivity contribution < 1.29 is 0 Å².